The van der Waals surface area contributed by atoms with Crippen molar-refractivity contribution in [1.29, 1.82) is 0 Å². The summed E-state index contributed by atoms with van der Waals surface area (Å²) in [7, 11) is 0. The Morgan fingerprint density at radius 2 is 1.82 bits per heavy atom. The van der Waals surface area contributed by atoms with Crippen molar-refractivity contribution < 1.29 is 0 Å². The maximum absolute atomic E-state index is 6.08. The molecule has 0 saturated carbocycles. The van der Waals surface area contributed by atoms with Crippen LogP contribution in [0.4, 0.5) is 0 Å². The number of unbranched alkanes of at least 4 members (excludes halogenated alkanes) is 2. The van der Waals surface area contributed by atoms with Crippen LogP contribution < -0.4 is 5.32 Å². The quantitative estimate of drug-likeness (QED) is 0.702. The van der Waals surface area contributed by atoms with Crippen LogP contribution in [0, 0.1) is 0 Å². The highest BCUT2D eigenvalue weighted by atomic mass is 35.5. The Balaban J connectivity index is 2.18. The van der Waals surface area contributed by atoms with Gasteiger partial charge in [0.15, 0.2) is 0 Å². The minimum absolute atomic E-state index is 0.743. The van der Waals surface area contributed by atoms with Crippen molar-refractivity contribution in [2.24, 2.45) is 0 Å². The number of nitrogens with one attached hydrogen (secondary N) is 1. The van der Waals surface area contributed by atoms with E-state index in [0.717, 1.165) is 28.7 Å². The normalized spacial score (nSPS) is 10.8. The summed E-state index contributed by atoms with van der Waals surface area (Å²) in [5.74, 6) is 1.26. The lowest BCUT2D eigenvalue weighted by Crippen LogP contribution is -2.15. The molecule has 0 saturated heterocycles. The van der Waals surface area contributed by atoms with Crippen molar-refractivity contribution >= 4 is 35.0 Å². The summed E-state index contributed by atoms with van der Waals surface area (Å²) in [5.41, 5.74) is 1.000. The average molecular weight is 292 g/mol. The van der Waals surface area contributed by atoms with Crippen LogP contribution in [0.3, 0.4) is 0 Å². The molecule has 0 aliphatic rings. The van der Waals surface area contributed by atoms with Gasteiger partial charge < -0.3 is 5.32 Å². The number of hydrogen-bond donors (Lipinski definition) is 1. The molecule has 0 bridgehead atoms. The fraction of sp³-hybridized carbons (Fsp3) is 0.538. The van der Waals surface area contributed by atoms with Crippen LogP contribution in [-0.2, 0) is 6.54 Å². The fourth-order valence-corrected chi connectivity index (χ4v) is 2.61. The molecule has 1 nitrogen and oxygen atoms in total. The molecule has 0 atom stereocenters. The van der Waals surface area contributed by atoms with E-state index in [1.165, 1.54) is 25.0 Å². The molecule has 0 spiro atoms. The molecule has 1 N–H and O–H groups in total. The van der Waals surface area contributed by atoms with E-state index >= 15 is 0 Å². The van der Waals surface area contributed by atoms with Crippen LogP contribution in [-0.4, -0.2) is 18.6 Å². The van der Waals surface area contributed by atoms with Gasteiger partial charge in [0.25, 0.3) is 0 Å². The van der Waals surface area contributed by atoms with Gasteiger partial charge in [-0.25, -0.2) is 0 Å². The summed E-state index contributed by atoms with van der Waals surface area (Å²) >= 11 is 14.1. The van der Waals surface area contributed by atoms with Crippen LogP contribution in [0.2, 0.25) is 10.0 Å². The smallest absolute Gasteiger partial charge is 0.0465 e. The minimum Gasteiger partial charge on any atom is -0.313 e. The molecule has 1 aromatic rings. The van der Waals surface area contributed by atoms with E-state index in [-0.39, 0.29) is 0 Å². The van der Waals surface area contributed by atoms with Crippen molar-refractivity contribution in [2.75, 3.05) is 18.6 Å². The zero-order valence-electron chi connectivity index (χ0n) is 10.1. The van der Waals surface area contributed by atoms with Crippen molar-refractivity contribution in [3.8, 4) is 0 Å². The van der Waals surface area contributed by atoms with Crippen LogP contribution in [0.1, 0.15) is 24.8 Å². The molecule has 4 heteroatoms. The molecule has 0 aliphatic heterocycles. The maximum Gasteiger partial charge on any atom is 0.0465 e. The van der Waals surface area contributed by atoms with Gasteiger partial charge in [0.2, 0.25) is 0 Å². The summed E-state index contributed by atoms with van der Waals surface area (Å²) in [6.07, 6.45) is 5.94. The molecule has 0 fully saturated rings. The first-order valence-electron chi connectivity index (χ1n) is 5.88. The van der Waals surface area contributed by atoms with E-state index < -0.39 is 0 Å². The van der Waals surface area contributed by atoms with E-state index in [1.807, 2.05) is 30.0 Å². The third-order valence-corrected chi connectivity index (χ3v) is 3.97. The Kier molecular flexibility index (Phi) is 8.12. The molecular formula is C13H19Cl2NS. The van der Waals surface area contributed by atoms with Gasteiger partial charge in [0.1, 0.15) is 0 Å². The summed E-state index contributed by atoms with van der Waals surface area (Å²) in [4.78, 5) is 0. The van der Waals surface area contributed by atoms with Crippen LogP contribution in [0.25, 0.3) is 0 Å². The highest BCUT2D eigenvalue weighted by Gasteiger charge is 2.03. The molecule has 1 aromatic carbocycles. The van der Waals surface area contributed by atoms with Crippen LogP contribution in [0.5, 0.6) is 0 Å². The molecule has 0 aromatic heterocycles. The first-order chi connectivity index (χ1) is 8.25. The zero-order chi connectivity index (χ0) is 12.5. The summed E-state index contributed by atoms with van der Waals surface area (Å²) in [6, 6.07) is 5.63. The molecule has 1 rings (SSSR count). The Labute approximate surface area is 118 Å². The molecule has 96 valence electrons. The van der Waals surface area contributed by atoms with Gasteiger partial charge in [-0.15, -0.1) is 0 Å². The SMILES string of the molecule is CSCCCCCNCc1c(Cl)cccc1Cl. The molecular weight excluding hydrogens is 273 g/mol. The summed E-state index contributed by atoms with van der Waals surface area (Å²) < 4.78 is 0. The number of halogens is 2. The van der Waals surface area contributed by atoms with E-state index in [4.69, 9.17) is 23.2 Å². The topological polar surface area (TPSA) is 12.0 Å². The predicted octanol–water partition coefficient (Wildman–Crippen LogP) is 4.62. The third kappa shape index (κ3) is 6.01. The van der Waals surface area contributed by atoms with E-state index in [9.17, 15) is 0 Å². The lowest BCUT2D eigenvalue weighted by atomic mass is 10.2. The van der Waals surface area contributed by atoms with Crippen molar-refractivity contribution in [1.82, 2.24) is 5.32 Å². The van der Waals surface area contributed by atoms with Gasteiger partial charge in [-0.2, -0.15) is 11.8 Å². The van der Waals surface area contributed by atoms with E-state index in [0.29, 0.717) is 0 Å². The van der Waals surface area contributed by atoms with Crippen molar-refractivity contribution in [3.05, 3.63) is 33.8 Å². The second-order valence-electron chi connectivity index (χ2n) is 3.93. The van der Waals surface area contributed by atoms with Gasteiger partial charge in [-0.3, -0.25) is 0 Å². The number of rotatable bonds is 8. The largest absolute Gasteiger partial charge is 0.313 e. The summed E-state index contributed by atoms with van der Waals surface area (Å²) in [5, 5.41) is 4.87. The molecule has 17 heavy (non-hydrogen) atoms. The van der Waals surface area contributed by atoms with Gasteiger partial charge in [-0.05, 0) is 43.5 Å². The Morgan fingerprint density at radius 3 is 2.47 bits per heavy atom. The lowest BCUT2D eigenvalue weighted by molar-refractivity contribution is 0.619. The van der Waals surface area contributed by atoms with Crippen molar-refractivity contribution in [3.63, 3.8) is 0 Å². The minimum atomic E-state index is 0.743. The maximum atomic E-state index is 6.08. The number of hydrogen-bond acceptors (Lipinski definition) is 2. The third-order valence-electron chi connectivity index (χ3n) is 2.57. The first-order valence-corrected chi connectivity index (χ1v) is 8.03. The highest BCUT2D eigenvalue weighted by Crippen LogP contribution is 2.23. The Bertz CT molecular complexity index is 311. The monoisotopic (exact) mass is 291 g/mol. The molecule has 0 unspecified atom stereocenters. The van der Waals surface area contributed by atoms with Crippen molar-refractivity contribution in [2.45, 2.75) is 25.8 Å². The Morgan fingerprint density at radius 1 is 1.12 bits per heavy atom. The standard InChI is InChI=1S/C13H19Cl2NS/c1-17-9-4-2-3-8-16-10-11-12(14)6-5-7-13(11)15/h5-7,16H,2-4,8-10H2,1H3. The molecule has 0 heterocycles. The predicted molar refractivity (Wildman–Crippen MR) is 80.4 cm³/mol. The van der Waals surface area contributed by atoms with Gasteiger partial charge in [0.05, 0.1) is 0 Å². The molecule has 0 radical (unpaired) electrons. The second kappa shape index (κ2) is 9.09. The fourth-order valence-electron chi connectivity index (χ4n) is 1.59. The van der Waals surface area contributed by atoms with Gasteiger partial charge >= 0.3 is 0 Å². The molecule has 0 amide bonds. The highest BCUT2D eigenvalue weighted by molar-refractivity contribution is 7.98. The number of thioether (sulfide) groups is 1. The molecule has 0 aliphatic carbocycles. The average Bonchev–Trinajstić information content (AvgIpc) is 2.31. The van der Waals surface area contributed by atoms with Crippen LogP contribution >= 0.6 is 35.0 Å². The Hall–Kier alpha value is 0.110. The van der Waals surface area contributed by atoms with E-state index in [1.54, 1.807) is 0 Å². The van der Waals surface area contributed by atoms with E-state index in [2.05, 4.69) is 11.6 Å². The second-order valence-corrected chi connectivity index (χ2v) is 5.73. The summed E-state index contributed by atoms with van der Waals surface area (Å²) in [6.45, 7) is 1.77. The van der Waals surface area contributed by atoms with Gasteiger partial charge in [0, 0.05) is 22.2 Å². The van der Waals surface area contributed by atoms with Crippen LogP contribution in [0.15, 0.2) is 18.2 Å². The number of benzene rings is 1. The lowest BCUT2D eigenvalue weighted by Gasteiger charge is -2.08. The first kappa shape index (κ1) is 15.2. The van der Waals surface area contributed by atoms with Gasteiger partial charge in [-0.1, -0.05) is 35.7 Å². The zero-order valence-corrected chi connectivity index (χ0v) is 12.5.